The molecule has 2 atom stereocenters. The molecule has 0 aromatic carbocycles. The SMILES string of the molecule is CCCC[C@H](CC(=O)O)[C@](O)(CC)C1CCCCC1. The molecule has 0 spiro atoms. The maximum absolute atomic E-state index is 11.1. The zero-order valence-electron chi connectivity index (χ0n) is 12.5. The summed E-state index contributed by atoms with van der Waals surface area (Å²) in [5.74, 6) is -0.561. The Balaban J connectivity index is 2.80. The van der Waals surface area contributed by atoms with Crippen molar-refractivity contribution in [3.63, 3.8) is 0 Å². The normalized spacial score (nSPS) is 21.8. The number of hydrogen-bond donors (Lipinski definition) is 2. The van der Waals surface area contributed by atoms with Crippen molar-refractivity contribution in [2.24, 2.45) is 11.8 Å². The fraction of sp³-hybridized carbons (Fsp3) is 0.938. The summed E-state index contributed by atoms with van der Waals surface area (Å²) in [6.45, 7) is 4.12. The summed E-state index contributed by atoms with van der Waals surface area (Å²) in [4.78, 5) is 11.1. The van der Waals surface area contributed by atoms with Crippen molar-refractivity contribution in [1.29, 1.82) is 0 Å². The first-order valence-corrected chi connectivity index (χ1v) is 7.98. The van der Waals surface area contributed by atoms with E-state index in [0.717, 1.165) is 32.1 Å². The van der Waals surface area contributed by atoms with Crippen molar-refractivity contribution in [3.05, 3.63) is 0 Å². The predicted molar refractivity (Wildman–Crippen MR) is 77.1 cm³/mol. The highest BCUT2D eigenvalue weighted by Crippen LogP contribution is 2.42. The molecule has 0 heterocycles. The molecule has 19 heavy (non-hydrogen) atoms. The summed E-state index contributed by atoms with van der Waals surface area (Å²) in [6, 6.07) is 0. The van der Waals surface area contributed by atoms with Gasteiger partial charge in [0.05, 0.1) is 12.0 Å². The molecule has 0 aromatic rings. The molecular formula is C16H30O3. The van der Waals surface area contributed by atoms with Crippen molar-refractivity contribution in [2.45, 2.75) is 83.7 Å². The smallest absolute Gasteiger partial charge is 0.303 e. The molecule has 1 fully saturated rings. The Labute approximate surface area is 117 Å². The minimum absolute atomic E-state index is 0.0851. The molecule has 0 radical (unpaired) electrons. The van der Waals surface area contributed by atoms with E-state index in [9.17, 15) is 9.90 Å². The van der Waals surface area contributed by atoms with E-state index in [1.807, 2.05) is 6.92 Å². The molecule has 2 N–H and O–H groups in total. The number of carboxylic acids is 1. The minimum Gasteiger partial charge on any atom is -0.481 e. The van der Waals surface area contributed by atoms with Gasteiger partial charge >= 0.3 is 5.97 Å². The van der Waals surface area contributed by atoms with Gasteiger partial charge in [-0.2, -0.15) is 0 Å². The second-order valence-electron chi connectivity index (χ2n) is 6.12. The Kier molecular flexibility index (Phi) is 6.84. The summed E-state index contributed by atoms with van der Waals surface area (Å²) in [7, 11) is 0. The Morgan fingerprint density at radius 1 is 1.26 bits per heavy atom. The standard InChI is InChI=1S/C16H30O3/c1-3-5-9-14(12-15(17)18)16(19,4-2)13-10-7-6-8-11-13/h13-14,19H,3-12H2,1-2H3,(H,17,18)/t14-,16+/m1/s1. The molecule has 0 saturated heterocycles. The van der Waals surface area contributed by atoms with Crippen LogP contribution in [0.25, 0.3) is 0 Å². The molecular weight excluding hydrogens is 240 g/mol. The van der Waals surface area contributed by atoms with Crippen LogP contribution >= 0.6 is 0 Å². The summed E-state index contributed by atoms with van der Waals surface area (Å²) in [5, 5.41) is 20.2. The van der Waals surface area contributed by atoms with E-state index < -0.39 is 11.6 Å². The molecule has 0 aliphatic heterocycles. The van der Waals surface area contributed by atoms with E-state index >= 15 is 0 Å². The molecule has 1 aliphatic rings. The van der Waals surface area contributed by atoms with Crippen LogP contribution in [-0.2, 0) is 4.79 Å². The Hall–Kier alpha value is -0.570. The Bertz CT molecular complexity index is 271. The van der Waals surface area contributed by atoms with Gasteiger partial charge in [0.25, 0.3) is 0 Å². The van der Waals surface area contributed by atoms with Crippen LogP contribution in [-0.4, -0.2) is 21.8 Å². The van der Waals surface area contributed by atoms with E-state index in [1.165, 1.54) is 19.3 Å². The van der Waals surface area contributed by atoms with Crippen molar-refractivity contribution >= 4 is 5.97 Å². The lowest BCUT2D eigenvalue weighted by molar-refractivity contribution is -0.145. The highest BCUT2D eigenvalue weighted by molar-refractivity contribution is 5.67. The van der Waals surface area contributed by atoms with E-state index in [1.54, 1.807) is 0 Å². The van der Waals surface area contributed by atoms with Gasteiger partial charge in [-0.3, -0.25) is 4.79 Å². The average Bonchev–Trinajstić information content (AvgIpc) is 2.43. The van der Waals surface area contributed by atoms with Crippen LogP contribution in [0.2, 0.25) is 0 Å². The van der Waals surface area contributed by atoms with Gasteiger partial charge in [-0.1, -0.05) is 46.0 Å². The summed E-state index contributed by atoms with van der Waals surface area (Å²) < 4.78 is 0. The number of carbonyl (C=O) groups is 1. The highest BCUT2D eigenvalue weighted by atomic mass is 16.4. The first kappa shape index (κ1) is 16.5. The van der Waals surface area contributed by atoms with Crippen LogP contribution in [0.15, 0.2) is 0 Å². The molecule has 0 amide bonds. The molecule has 1 rings (SSSR count). The second-order valence-corrected chi connectivity index (χ2v) is 6.12. The summed E-state index contributed by atoms with van der Waals surface area (Å²) in [6.07, 6.45) is 9.44. The van der Waals surface area contributed by atoms with E-state index in [-0.39, 0.29) is 12.3 Å². The fourth-order valence-electron chi connectivity index (χ4n) is 3.70. The highest BCUT2D eigenvalue weighted by Gasteiger charge is 2.42. The molecule has 3 nitrogen and oxygen atoms in total. The van der Waals surface area contributed by atoms with Crippen molar-refractivity contribution in [2.75, 3.05) is 0 Å². The van der Waals surface area contributed by atoms with Crippen LogP contribution in [0.4, 0.5) is 0 Å². The largest absolute Gasteiger partial charge is 0.481 e. The quantitative estimate of drug-likeness (QED) is 0.701. The van der Waals surface area contributed by atoms with Crippen molar-refractivity contribution < 1.29 is 15.0 Å². The number of unbranched alkanes of at least 4 members (excludes halogenated alkanes) is 1. The van der Waals surface area contributed by atoms with Gasteiger partial charge in [-0.05, 0) is 37.5 Å². The predicted octanol–water partition coefficient (Wildman–Crippen LogP) is 3.99. The Morgan fingerprint density at radius 3 is 2.37 bits per heavy atom. The van der Waals surface area contributed by atoms with Crippen LogP contribution in [0.1, 0.15) is 78.1 Å². The molecule has 3 heteroatoms. The lowest BCUT2D eigenvalue weighted by atomic mass is 9.67. The molecule has 0 unspecified atom stereocenters. The molecule has 0 bridgehead atoms. The second kappa shape index (κ2) is 7.88. The van der Waals surface area contributed by atoms with E-state index in [2.05, 4.69) is 6.92 Å². The maximum Gasteiger partial charge on any atom is 0.303 e. The average molecular weight is 270 g/mol. The number of rotatable bonds is 8. The van der Waals surface area contributed by atoms with Crippen LogP contribution in [0.3, 0.4) is 0 Å². The van der Waals surface area contributed by atoms with Crippen LogP contribution < -0.4 is 0 Å². The van der Waals surface area contributed by atoms with Gasteiger partial charge < -0.3 is 10.2 Å². The third kappa shape index (κ3) is 4.48. The lowest BCUT2D eigenvalue weighted by Crippen LogP contribution is -2.46. The third-order valence-electron chi connectivity index (χ3n) is 4.91. The first-order chi connectivity index (χ1) is 9.04. The van der Waals surface area contributed by atoms with Gasteiger partial charge in [0, 0.05) is 0 Å². The third-order valence-corrected chi connectivity index (χ3v) is 4.91. The topological polar surface area (TPSA) is 57.5 Å². The van der Waals surface area contributed by atoms with Crippen molar-refractivity contribution in [1.82, 2.24) is 0 Å². The summed E-state index contributed by atoms with van der Waals surface area (Å²) in [5.41, 5.74) is -0.770. The number of aliphatic hydroxyl groups is 1. The first-order valence-electron chi connectivity index (χ1n) is 7.98. The van der Waals surface area contributed by atoms with E-state index in [4.69, 9.17) is 5.11 Å². The van der Waals surface area contributed by atoms with E-state index in [0.29, 0.717) is 12.3 Å². The molecule has 112 valence electrons. The summed E-state index contributed by atoms with van der Waals surface area (Å²) >= 11 is 0. The minimum atomic E-state index is -0.774. The van der Waals surface area contributed by atoms with Gasteiger partial charge in [-0.25, -0.2) is 0 Å². The lowest BCUT2D eigenvalue weighted by Gasteiger charge is -2.43. The number of carboxylic acid groups (broad SMARTS) is 1. The number of aliphatic carboxylic acids is 1. The maximum atomic E-state index is 11.1. The van der Waals surface area contributed by atoms with Crippen LogP contribution in [0.5, 0.6) is 0 Å². The molecule has 1 saturated carbocycles. The van der Waals surface area contributed by atoms with Gasteiger partial charge in [0.1, 0.15) is 0 Å². The fourth-order valence-corrected chi connectivity index (χ4v) is 3.70. The van der Waals surface area contributed by atoms with Gasteiger partial charge in [0.15, 0.2) is 0 Å². The zero-order chi connectivity index (χ0) is 14.3. The van der Waals surface area contributed by atoms with Crippen molar-refractivity contribution in [3.8, 4) is 0 Å². The zero-order valence-corrected chi connectivity index (χ0v) is 12.5. The number of hydrogen-bond acceptors (Lipinski definition) is 2. The van der Waals surface area contributed by atoms with Crippen LogP contribution in [0, 0.1) is 11.8 Å². The molecule has 1 aliphatic carbocycles. The van der Waals surface area contributed by atoms with Gasteiger partial charge in [-0.15, -0.1) is 0 Å². The molecule has 0 aromatic heterocycles. The van der Waals surface area contributed by atoms with Gasteiger partial charge in [0.2, 0.25) is 0 Å². The monoisotopic (exact) mass is 270 g/mol. The Morgan fingerprint density at radius 2 is 1.89 bits per heavy atom.